The first kappa shape index (κ1) is 9.21. The molecule has 2 heterocycles. The maximum atomic E-state index is 5.57. The predicted molar refractivity (Wildman–Crippen MR) is 57.7 cm³/mol. The molecule has 4 nitrogen and oxygen atoms in total. The summed E-state index contributed by atoms with van der Waals surface area (Å²) in [6.45, 7) is 0.636. The lowest BCUT2D eigenvalue weighted by molar-refractivity contribution is 0.673. The molecular formula is C9H9BrN4. The normalized spacial score (nSPS) is 10.4. The van der Waals surface area contributed by atoms with Crippen LogP contribution in [0.25, 0.3) is 0 Å². The first-order chi connectivity index (χ1) is 6.74. The van der Waals surface area contributed by atoms with E-state index in [0.717, 1.165) is 10.2 Å². The van der Waals surface area contributed by atoms with E-state index in [2.05, 4.69) is 26.0 Å². The average Bonchev–Trinajstić information content (AvgIpc) is 2.51. The van der Waals surface area contributed by atoms with Crippen LogP contribution in [0.4, 0.5) is 5.82 Å². The Morgan fingerprint density at radius 3 is 2.93 bits per heavy atom. The second-order valence-corrected chi connectivity index (χ2v) is 3.83. The zero-order valence-electron chi connectivity index (χ0n) is 7.39. The van der Waals surface area contributed by atoms with E-state index in [4.69, 9.17) is 5.73 Å². The highest BCUT2D eigenvalue weighted by Crippen LogP contribution is 2.08. The highest BCUT2D eigenvalue weighted by Gasteiger charge is 1.98. The van der Waals surface area contributed by atoms with Gasteiger partial charge in [0.2, 0.25) is 0 Å². The molecule has 0 fully saturated rings. The molecule has 5 heteroatoms. The van der Waals surface area contributed by atoms with E-state index in [1.165, 1.54) is 0 Å². The van der Waals surface area contributed by atoms with Crippen LogP contribution in [0, 0.1) is 0 Å². The smallest absolute Gasteiger partial charge is 0.123 e. The van der Waals surface area contributed by atoms with Crippen LogP contribution < -0.4 is 5.73 Å². The number of nitrogen functional groups attached to an aromatic ring is 1. The molecule has 0 radical (unpaired) electrons. The van der Waals surface area contributed by atoms with Gasteiger partial charge in [0.1, 0.15) is 5.82 Å². The van der Waals surface area contributed by atoms with Crippen molar-refractivity contribution in [2.45, 2.75) is 6.54 Å². The molecule has 0 saturated heterocycles. The molecule has 0 amide bonds. The third-order valence-electron chi connectivity index (χ3n) is 1.75. The van der Waals surface area contributed by atoms with Gasteiger partial charge >= 0.3 is 0 Å². The Labute approximate surface area is 89.9 Å². The molecule has 0 aromatic carbocycles. The summed E-state index contributed by atoms with van der Waals surface area (Å²) in [7, 11) is 0. The van der Waals surface area contributed by atoms with Crippen LogP contribution in [0.3, 0.4) is 0 Å². The Morgan fingerprint density at radius 1 is 1.43 bits per heavy atom. The summed E-state index contributed by atoms with van der Waals surface area (Å²) in [5.41, 5.74) is 6.47. The van der Waals surface area contributed by atoms with Crippen LogP contribution in [-0.4, -0.2) is 14.8 Å². The van der Waals surface area contributed by atoms with Gasteiger partial charge in [0.25, 0.3) is 0 Å². The second-order valence-electron chi connectivity index (χ2n) is 2.91. The molecule has 0 aliphatic carbocycles. The minimum absolute atomic E-state index is 0.536. The quantitative estimate of drug-likeness (QED) is 0.885. The Kier molecular flexibility index (Phi) is 2.49. The monoisotopic (exact) mass is 252 g/mol. The maximum Gasteiger partial charge on any atom is 0.123 e. The Balaban J connectivity index is 2.18. The molecule has 2 rings (SSSR count). The van der Waals surface area contributed by atoms with Gasteiger partial charge in [0, 0.05) is 6.20 Å². The van der Waals surface area contributed by atoms with Crippen molar-refractivity contribution in [3.05, 3.63) is 40.8 Å². The number of pyridine rings is 1. The zero-order chi connectivity index (χ0) is 9.97. The van der Waals surface area contributed by atoms with Crippen LogP contribution >= 0.6 is 15.9 Å². The molecule has 2 aromatic heterocycles. The average molecular weight is 253 g/mol. The lowest BCUT2D eigenvalue weighted by Crippen LogP contribution is -2.03. The number of halogens is 1. The third-order valence-corrected chi connectivity index (χ3v) is 2.16. The molecule has 2 aromatic rings. The molecule has 72 valence electrons. The molecule has 0 spiro atoms. The van der Waals surface area contributed by atoms with E-state index in [0.29, 0.717) is 12.4 Å². The van der Waals surface area contributed by atoms with Crippen molar-refractivity contribution in [2.24, 2.45) is 0 Å². The summed E-state index contributed by atoms with van der Waals surface area (Å²) >= 11 is 3.33. The number of anilines is 1. The molecule has 0 bridgehead atoms. The number of rotatable bonds is 2. The summed E-state index contributed by atoms with van der Waals surface area (Å²) < 4.78 is 2.76. The first-order valence-electron chi connectivity index (χ1n) is 4.13. The number of hydrogen-bond donors (Lipinski definition) is 1. The van der Waals surface area contributed by atoms with Gasteiger partial charge in [0.15, 0.2) is 0 Å². The number of nitrogens with zero attached hydrogens (tertiary/aromatic N) is 3. The van der Waals surface area contributed by atoms with Gasteiger partial charge in [-0.05, 0) is 28.1 Å². The van der Waals surface area contributed by atoms with Crippen LogP contribution in [0.5, 0.6) is 0 Å². The van der Waals surface area contributed by atoms with Crippen LogP contribution in [0.1, 0.15) is 5.69 Å². The molecule has 0 aliphatic heterocycles. The van der Waals surface area contributed by atoms with E-state index < -0.39 is 0 Å². The molecule has 0 unspecified atom stereocenters. The van der Waals surface area contributed by atoms with Crippen molar-refractivity contribution in [1.82, 2.24) is 14.8 Å². The van der Waals surface area contributed by atoms with Crippen molar-refractivity contribution >= 4 is 21.7 Å². The minimum atomic E-state index is 0.536. The van der Waals surface area contributed by atoms with E-state index >= 15 is 0 Å². The Morgan fingerprint density at radius 2 is 2.29 bits per heavy atom. The van der Waals surface area contributed by atoms with Gasteiger partial charge in [-0.1, -0.05) is 6.07 Å². The van der Waals surface area contributed by atoms with Gasteiger partial charge in [-0.15, -0.1) is 0 Å². The third kappa shape index (κ3) is 2.11. The van der Waals surface area contributed by atoms with Crippen LogP contribution in [0.2, 0.25) is 0 Å². The molecule has 0 atom stereocenters. The standard InChI is InChI=1S/C9H9BrN4/c10-7-4-12-14(5-7)6-8-2-1-3-9(11)13-8/h1-5H,6H2,(H2,11,13). The molecular weight excluding hydrogens is 244 g/mol. The summed E-state index contributed by atoms with van der Waals surface area (Å²) in [5.74, 6) is 0.536. The van der Waals surface area contributed by atoms with Gasteiger partial charge in [-0.2, -0.15) is 5.10 Å². The molecule has 0 aliphatic rings. The van der Waals surface area contributed by atoms with Gasteiger partial charge in [-0.25, -0.2) is 4.98 Å². The highest BCUT2D eigenvalue weighted by molar-refractivity contribution is 9.10. The highest BCUT2D eigenvalue weighted by atomic mass is 79.9. The molecule has 0 saturated carbocycles. The fourth-order valence-electron chi connectivity index (χ4n) is 1.18. The largest absolute Gasteiger partial charge is 0.384 e. The summed E-state index contributed by atoms with van der Waals surface area (Å²) in [6, 6.07) is 5.57. The van der Waals surface area contributed by atoms with Crippen molar-refractivity contribution in [2.75, 3.05) is 5.73 Å². The predicted octanol–water partition coefficient (Wildman–Crippen LogP) is 1.67. The Bertz CT molecular complexity index is 438. The van der Waals surface area contributed by atoms with Crippen molar-refractivity contribution in [1.29, 1.82) is 0 Å². The number of hydrogen-bond acceptors (Lipinski definition) is 3. The molecule has 2 N–H and O–H groups in total. The van der Waals surface area contributed by atoms with E-state index in [9.17, 15) is 0 Å². The van der Waals surface area contributed by atoms with Gasteiger partial charge in [0.05, 0.1) is 22.9 Å². The fourth-order valence-corrected chi connectivity index (χ4v) is 1.50. The summed E-state index contributed by atoms with van der Waals surface area (Å²) in [4.78, 5) is 4.18. The number of aromatic nitrogens is 3. The van der Waals surface area contributed by atoms with E-state index in [1.54, 1.807) is 16.9 Å². The van der Waals surface area contributed by atoms with Gasteiger partial charge in [-0.3, -0.25) is 4.68 Å². The van der Waals surface area contributed by atoms with Crippen molar-refractivity contribution in [3.63, 3.8) is 0 Å². The lowest BCUT2D eigenvalue weighted by atomic mass is 10.3. The minimum Gasteiger partial charge on any atom is -0.384 e. The topological polar surface area (TPSA) is 56.7 Å². The first-order valence-corrected chi connectivity index (χ1v) is 4.93. The number of nitrogens with two attached hydrogens (primary N) is 1. The van der Waals surface area contributed by atoms with E-state index in [-0.39, 0.29) is 0 Å². The zero-order valence-corrected chi connectivity index (χ0v) is 8.98. The van der Waals surface area contributed by atoms with Crippen molar-refractivity contribution < 1.29 is 0 Å². The Hall–Kier alpha value is -1.36. The maximum absolute atomic E-state index is 5.57. The second kappa shape index (κ2) is 3.79. The van der Waals surface area contributed by atoms with Crippen LogP contribution in [-0.2, 0) is 6.54 Å². The SMILES string of the molecule is Nc1cccc(Cn2cc(Br)cn2)n1. The summed E-state index contributed by atoms with van der Waals surface area (Å²) in [5, 5.41) is 4.13. The van der Waals surface area contributed by atoms with Crippen molar-refractivity contribution in [3.8, 4) is 0 Å². The van der Waals surface area contributed by atoms with E-state index in [1.807, 2.05) is 18.3 Å². The van der Waals surface area contributed by atoms with Gasteiger partial charge < -0.3 is 5.73 Å². The fraction of sp³-hybridized carbons (Fsp3) is 0.111. The lowest BCUT2D eigenvalue weighted by Gasteiger charge is -2.01. The summed E-state index contributed by atoms with van der Waals surface area (Å²) in [6.07, 6.45) is 3.64. The molecule has 14 heavy (non-hydrogen) atoms. The van der Waals surface area contributed by atoms with Crippen LogP contribution in [0.15, 0.2) is 35.1 Å².